The Morgan fingerprint density at radius 1 is 1.33 bits per heavy atom. The number of aliphatic hydroxyl groups is 1. The molecule has 1 rings (SSSR count). The van der Waals surface area contributed by atoms with Gasteiger partial charge in [-0.2, -0.15) is 0 Å². The number of rotatable bonds is 5. The van der Waals surface area contributed by atoms with Gasteiger partial charge in [0.2, 0.25) is 0 Å². The number of hydrogen-bond acceptors (Lipinski definition) is 2. The van der Waals surface area contributed by atoms with Crippen LogP contribution >= 0.6 is 0 Å². The highest BCUT2D eigenvalue weighted by atomic mass is 16.3. The molecule has 0 spiro atoms. The summed E-state index contributed by atoms with van der Waals surface area (Å²) in [6, 6.07) is 6.14. The summed E-state index contributed by atoms with van der Waals surface area (Å²) in [5.74, 6) is 0. The Hall–Kier alpha value is -1.02. The fraction of sp³-hybridized carbons (Fsp3) is 0.538. The van der Waals surface area contributed by atoms with Crippen molar-refractivity contribution in [1.82, 2.24) is 0 Å². The summed E-state index contributed by atoms with van der Waals surface area (Å²) in [4.78, 5) is 2.28. The molecule has 0 saturated heterocycles. The van der Waals surface area contributed by atoms with Gasteiger partial charge in [-0.25, -0.2) is 0 Å². The van der Waals surface area contributed by atoms with Gasteiger partial charge in [0, 0.05) is 19.3 Å². The van der Waals surface area contributed by atoms with Gasteiger partial charge in [-0.3, -0.25) is 0 Å². The molecule has 0 radical (unpaired) electrons. The van der Waals surface area contributed by atoms with Gasteiger partial charge in [0.05, 0.1) is 6.61 Å². The van der Waals surface area contributed by atoms with Gasteiger partial charge in [-0.15, -0.1) is 0 Å². The second-order valence-electron chi connectivity index (χ2n) is 4.05. The van der Waals surface area contributed by atoms with E-state index in [0.29, 0.717) is 0 Å². The van der Waals surface area contributed by atoms with Crippen LogP contribution in [0.2, 0.25) is 0 Å². The molecule has 0 amide bonds. The molecule has 1 N–H and O–H groups in total. The molecule has 0 aliphatic carbocycles. The third-order valence-corrected chi connectivity index (χ3v) is 2.70. The number of anilines is 1. The zero-order chi connectivity index (χ0) is 11.3. The van der Waals surface area contributed by atoms with Gasteiger partial charge >= 0.3 is 0 Å². The number of unbranched alkanes of at least 4 members (excludes halogenated alkanes) is 1. The molecule has 0 aliphatic rings. The smallest absolute Gasteiger partial charge is 0.0681 e. The van der Waals surface area contributed by atoms with Crippen molar-refractivity contribution in [3.63, 3.8) is 0 Å². The molecule has 0 saturated carbocycles. The Morgan fingerprint density at radius 3 is 2.60 bits per heavy atom. The Morgan fingerprint density at radius 2 is 2.07 bits per heavy atom. The molecule has 15 heavy (non-hydrogen) atoms. The lowest BCUT2D eigenvalue weighted by Gasteiger charge is -2.21. The van der Waals surface area contributed by atoms with E-state index in [9.17, 15) is 0 Å². The quantitative estimate of drug-likeness (QED) is 0.802. The van der Waals surface area contributed by atoms with Crippen LogP contribution in [0.4, 0.5) is 5.69 Å². The van der Waals surface area contributed by atoms with Crippen LogP contribution in [-0.2, 0) is 6.61 Å². The van der Waals surface area contributed by atoms with Crippen LogP contribution in [0.25, 0.3) is 0 Å². The van der Waals surface area contributed by atoms with Gasteiger partial charge in [0.25, 0.3) is 0 Å². The first-order chi connectivity index (χ1) is 7.19. The van der Waals surface area contributed by atoms with Crippen molar-refractivity contribution in [2.45, 2.75) is 33.3 Å². The molecule has 0 unspecified atom stereocenters. The summed E-state index contributed by atoms with van der Waals surface area (Å²) < 4.78 is 0. The Balaban J connectivity index is 2.76. The Kier molecular flexibility index (Phi) is 4.63. The van der Waals surface area contributed by atoms with E-state index >= 15 is 0 Å². The molecular formula is C13H21NO. The lowest BCUT2D eigenvalue weighted by molar-refractivity contribution is 0.282. The van der Waals surface area contributed by atoms with E-state index in [4.69, 9.17) is 5.11 Å². The van der Waals surface area contributed by atoms with Gasteiger partial charge in [-0.05, 0) is 30.5 Å². The maximum atomic E-state index is 9.02. The van der Waals surface area contributed by atoms with E-state index in [1.807, 2.05) is 6.07 Å². The fourth-order valence-electron chi connectivity index (χ4n) is 1.76. The molecule has 1 aromatic carbocycles. The van der Waals surface area contributed by atoms with Crippen LogP contribution in [0.5, 0.6) is 0 Å². The highest BCUT2D eigenvalue weighted by Crippen LogP contribution is 2.20. The summed E-state index contributed by atoms with van der Waals surface area (Å²) in [5, 5.41) is 9.02. The number of nitrogens with zero attached hydrogens (tertiary/aromatic N) is 1. The van der Waals surface area contributed by atoms with Crippen LogP contribution in [0.15, 0.2) is 18.2 Å². The molecule has 0 aliphatic heterocycles. The topological polar surface area (TPSA) is 23.5 Å². The maximum absolute atomic E-state index is 9.02. The molecular weight excluding hydrogens is 186 g/mol. The first kappa shape index (κ1) is 12.1. The van der Waals surface area contributed by atoms with E-state index in [1.54, 1.807) is 0 Å². The van der Waals surface area contributed by atoms with Gasteiger partial charge in [0.15, 0.2) is 0 Å². The minimum absolute atomic E-state index is 0.125. The van der Waals surface area contributed by atoms with Crippen LogP contribution in [0, 0.1) is 6.92 Å². The average molecular weight is 207 g/mol. The van der Waals surface area contributed by atoms with Crippen LogP contribution in [0.3, 0.4) is 0 Å². The van der Waals surface area contributed by atoms with E-state index in [1.165, 1.54) is 24.1 Å². The minimum Gasteiger partial charge on any atom is -0.392 e. The van der Waals surface area contributed by atoms with Gasteiger partial charge in [0.1, 0.15) is 0 Å². The van der Waals surface area contributed by atoms with Crippen molar-refractivity contribution in [3.05, 3.63) is 29.3 Å². The molecule has 0 bridgehead atoms. The van der Waals surface area contributed by atoms with Crippen molar-refractivity contribution < 1.29 is 5.11 Å². The monoisotopic (exact) mass is 207 g/mol. The van der Waals surface area contributed by atoms with Crippen molar-refractivity contribution >= 4 is 5.69 Å². The highest BCUT2D eigenvalue weighted by molar-refractivity contribution is 5.53. The summed E-state index contributed by atoms with van der Waals surface area (Å²) in [6.07, 6.45) is 2.44. The zero-order valence-electron chi connectivity index (χ0n) is 9.95. The predicted molar refractivity (Wildman–Crippen MR) is 65.3 cm³/mol. The number of benzene rings is 1. The average Bonchev–Trinajstić information content (AvgIpc) is 2.25. The molecule has 2 heteroatoms. The van der Waals surface area contributed by atoms with Crippen molar-refractivity contribution in [3.8, 4) is 0 Å². The molecule has 0 fully saturated rings. The second kappa shape index (κ2) is 5.76. The van der Waals surface area contributed by atoms with E-state index in [-0.39, 0.29) is 6.61 Å². The lowest BCUT2D eigenvalue weighted by Crippen LogP contribution is -2.19. The van der Waals surface area contributed by atoms with E-state index in [2.05, 4.69) is 37.9 Å². The summed E-state index contributed by atoms with van der Waals surface area (Å²) >= 11 is 0. The molecule has 0 aromatic heterocycles. The van der Waals surface area contributed by atoms with Gasteiger partial charge < -0.3 is 10.0 Å². The molecule has 84 valence electrons. The molecule has 0 atom stereocenters. The fourth-order valence-corrected chi connectivity index (χ4v) is 1.76. The Labute approximate surface area is 92.5 Å². The number of aliphatic hydroxyl groups excluding tert-OH is 1. The molecule has 1 aromatic rings. The van der Waals surface area contributed by atoms with Crippen LogP contribution in [0.1, 0.15) is 30.9 Å². The third-order valence-electron chi connectivity index (χ3n) is 2.70. The predicted octanol–water partition coefficient (Wildman–Crippen LogP) is 2.72. The summed E-state index contributed by atoms with van der Waals surface area (Å²) in [6.45, 7) is 5.52. The first-order valence-corrected chi connectivity index (χ1v) is 5.60. The first-order valence-electron chi connectivity index (χ1n) is 5.60. The largest absolute Gasteiger partial charge is 0.392 e. The lowest BCUT2D eigenvalue weighted by atomic mass is 10.1. The van der Waals surface area contributed by atoms with Crippen LogP contribution in [-0.4, -0.2) is 18.7 Å². The van der Waals surface area contributed by atoms with Crippen molar-refractivity contribution in [2.75, 3.05) is 18.5 Å². The molecule has 2 nitrogen and oxygen atoms in total. The summed E-state index contributed by atoms with van der Waals surface area (Å²) in [7, 11) is 2.12. The number of aryl methyl sites for hydroxylation is 1. The SMILES string of the molecule is CCCCN(C)c1ccc(CO)cc1C. The second-order valence-corrected chi connectivity index (χ2v) is 4.05. The maximum Gasteiger partial charge on any atom is 0.0681 e. The van der Waals surface area contributed by atoms with Gasteiger partial charge in [-0.1, -0.05) is 25.5 Å². The van der Waals surface area contributed by atoms with Crippen molar-refractivity contribution in [2.24, 2.45) is 0 Å². The van der Waals surface area contributed by atoms with Crippen LogP contribution < -0.4 is 4.90 Å². The molecule has 0 heterocycles. The standard InChI is InChI=1S/C13H21NO/c1-4-5-8-14(3)13-7-6-12(10-15)9-11(13)2/h6-7,9,15H,4-5,8,10H2,1-3H3. The zero-order valence-corrected chi connectivity index (χ0v) is 9.95. The minimum atomic E-state index is 0.125. The third kappa shape index (κ3) is 3.24. The van der Waals surface area contributed by atoms with E-state index < -0.39 is 0 Å². The van der Waals surface area contributed by atoms with Crippen molar-refractivity contribution in [1.29, 1.82) is 0 Å². The highest BCUT2D eigenvalue weighted by Gasteiger charge is 2.04. The summed E-state index contributed by atoms with van der Waals surface area (Å²) in [5.41, 5.74) is 3.49. The van der Waals surface area contributed by atoms with E-state index in [0.717, 1.165) is 12.1 Å². The Bertz CT molecular complexity index is 309. The normalized spacial score (nSPS) is 10.4. The number of hydrogen-bond donors (Lipinski definition) is 1.